The van der Waals surface area contributed by atoms with Crippen molar-refractivity contribution in [2.24, 2.45) is 11.5 Å². The zero-order valence-corrected chi connectivity index (χ0v) is 18.2. The van der Waals surface area contributed by atoms with Crippen molar-refractivity contribution in [2.45, 2.75) is 56.3 Å². The van der Waals surface area contributed by atoms with Crippen LogP contribution < -0.4 is 22.1 Å². The molecule has 176 valence electrons. The molecule has 31 heavy (non-hydrogen) atoms. The maximum atomic E-state index is 13.0. The lowest BCUT2D eigenvalue weighted by Gasteiger charge is -2.28. The second-order valence-corrected chi connectivity index (χ2v) is 8.21. The number of rotatable bonds is 13. The predicted molar refractivity (Wildman–Crippen MR) is 113 cm³/mol. The lowest BCUT2D eigenvalue weighted by molar-refractivity contribution is -0.149. The minimum Gasteiger partial charge on any atom is -0.480 e. The van der Waals surface area contributed by atoms with Crippen LogP contribution in [0.15, 0.2) is 0 Å². The third-order valence-electron chi connectivity index (χ3n) is 4.89. The van der Waals surface area contributed by atoms with Crippen LogP contribution in [0.2, 0.25) is 0 Å². The van der Waals surface area contributed by atoms with Gasteiger partial charge in [-0.2, -0.15) is 11.8 Å². The molecule has 0 aliphatic carbocycles. The second-order valence-electron chi connectivity index (χ2n) is 7.23. The fraction of sp³-hybridized carbons (Fsp3) is 0.722. The minimum absolute atomic E-state index is 0.109. The summed E-state index contributed by atoms with van der Waals surface area (Å²) in [6.45, 7) is -0.384. The molecule has 4 amide bonds. The number of hydrogen-bond acceptors (Lipinski definition) is 8. The van der Waals surface area contributed by atoms with Gasteiger partial charge in [0.25, 0.3) is 0 Å². The Kier molecular flexibility index (Phi) is 11.3. The number of carbonyl (C=O) groups is 5. The predicted octanol–water partition coefficient (Wildman–Crippen LogP) is -2.63. The molecule has 0 saturated carbocycles. The van der Waals surface area contributed by atoms with Gasteiger partial charge in [-0.1, -0.05) is 0 Å². The van der Waals surface area contributed by atoms with Crippen molar-refractivity contribution in [2.75, 3.05) is 25.2 Å². The number of carboxylic acids is 1. The maximum Gasteiger partial charge on any atom is 0.326 e. The highest BCUT2D eigenvalue weighted by Gasteiger charge is 2.38. The largest absolute Gasteiger partial charge is 0.480 e. The highest BCUT2D eigenvalue weighted by molar-refractivity contribution is 7.98. The van der Waals surface area contributed by atoms with Crippen LogP contribution in [-0.2, 0) is 24.0 Å². The Morgan fingerprint density at radius 1 is 1.13 bits per heavy atom. The van der Waals surface area contributed by atoms with Crippen molar-refractivity contribution in [3.05, 3.63) is 0 Å². The zero-order chi connectivity index (χ0) is 23.6. The monoisotopic (exact) mass is 461 g/mol. The molecule has 1 rings (SSSR count). The van der Waals surface area contributed by atoms with Gasteiger partial charge < -0.3 is 37.2 Å². The van der Waals surface area contributed by atoms with Crippen molar-refractivity contribution in [1.82, 2.24) is 15.5 Å². The first-order valence-electron chi connectivity index (χ1n) is 9.90. The summed E-state index contributed by atoms with van der Waals surface area (Å²) < 4.78 is 0. The van der Waals surface area contributed by atoms with Gasteiger partial charge in [-0.3, -0.25) is 19.2 Å². The van der Waals surface area contributed by atoms with Crippen LogP contribution in [0.1, 0.15) is 32.1 Å². The van der Waals surface area contributed by atoms with E-state index in [4.69, 9.17) is 16.6 Å². The van der Waals surface area contributed by atoms with Gasteiger partial charge in [0.1, 0.15) is 24.2 Å². The average molecular weight is 462 g/mol. The smallest absolute Gasteiger partial charge is 0.326 e. The summed E-state index contributed by atoms with van der Waals surface area (Å²) in [5, 5.41) is 23.3. The molecule has 0 aromatic carbocycles. The van der Waals surface area contributed by atoms with E-state index in [9.17, 15) is 29.1 Å². The topological polar surface area (TPSA) is 205 Å². The molecule has 0 radical (unpaired) electrons. The van der Waals surface area contributed by atoms with Crippen LogP contribution in [0.5, 0.6) is 0 Å². The van der Waals surface area contributed by atoms with Crippen LogP contribution in [0.4, 0.5) is 0 Å². The number of carbonyl (C=O) groups excluding carboxylic acids is 4. The van der Waals surface area contributed by atoms with E-state index in [1.807, 2.05) is 6.26 Å². The van der Waals surface area contributed by atoms with E-state index < -0.39 is 60.4 Å². The molecule has 4 unspecified atom stereocenters. The van der Waals surface area contributed by atoms with Gasteiger partial charge in [-0.25, -0.2) is 4.79 Å². The van der Waals surface area contributed by atoms with Crippen LogP contribution in [0, 0.1) is 0 Å². The SMILES string of the molecule is CSCCC(NC(=O)C(N)CO)C(=O)NC(CCC(N)=O)C(=O)N1CCCC1C(=O)O. The Morgan fingerprint density at radius 2 is 1.77 bits per heavy atom. The first-order valence-corrected chi connectivity index (χ1v) is 11.3. The van der Waals surface area contributed by atoms with E-state index in [1.54, 1.807) is 0 Å². The molecular formula is C18H31N5O7S. The molecule has 1 aliphatic heterocycles. The van der Waals surface area contributed by atoms with Crippen molar-refractivity contribution in [1.29, 1.82) is 0 Å². The minimum atomic E-state index is -1.21. The summed E-state index contributed by atoms with van der Waals surface area (Å²) in [5.41, 5.74) is 10.7. The molecule has 12 nitrogen and oxygen atoms in total. The molecule has 4 atom stereocenters. The highest BCUT2D eigenvalue weighted by Crippen LogP contribution is 2.19. The number of likely N-dealkylation sites (tertiary alicyclic amines) is 1. The summed E-state index contributed by atoms with van der Waals surface area (Å²) in [5.74, 6) is -3.34. The van der Waals surface area contributed by atoms with E-state index in [0.717, 1.165) is 0 Å². The molecule has 1 heterocycles. The van der Waals surface area contributed by atoms with Gasteiger partial charge in [0.05, 0.1) is 6.61 Å². The highest BCUT2D eigenvalue weighted by atomic mass is 32.2. The Labute approximate surface area is 184 Å². The Bertz CT molecular complexity index is 678. The number of hydrogen-bond donors (Lipinski definition) is 6. The van der Waals surface area contributed by atoms with Crippen molar-refractivity contribution < 1.29 is 34.2 Å². The molecule has 1 saturated heterocycles. The third kappa shape index (κ3) is 8.34. The van der Waals surface area contributed by atoms with Crippen LogP contribution in [0.25, 0.3) is 0 Å². The van der Waals surface area contributed by atoms with E-state index in [0.29, 0.717) is 18.6 Å². The summed E-state index contributed by atoms with van der Waals surface area (Å²) in [6.07, 6.45) is 2.54. The van der Waals surface area contributed by atoms with Crippen molar-refractivity contribution in [3.63, 3.8) is 0 Å². The maximum absolute atomic E-state index is 13.0. The van der Waals surface area contributed by atoms with Gasteiger partial charge in [0.15, 0.2) is 0 Å². The molecule has 0 bridgehead atoms. The van der Waals surface area contributed by atoms with Gasteiger partial charge in [-0.05, 0) is 37.7 Å². The molecule has 0 aromatic heterocycles. The Morgan fingerprint density at radius 3 is 2.32 bits per heavy atom. The number of amides is 4. The van der Waals surface area contributed by atoms with E-state index in [-0.39, 0.29) is 25.8 Å². The summed E-state index contributed by atoms with van der Waals surface area (Å²) in [6, 6.07) is -4.43. The first kappa shape index (κ1) is 26.7. The Balaban J connectivity index is 2.99. The number of nitrogens with zero attached hydrogens (tertiary/aromatic N) is 1. The van der Waals surface area contributed by atoms with Gasteiger partial charge in [0, 0.05) is 13.0 Å². The number of carboxylic acid groups (broad SMARTS) is 1. The Hall–Kier alpha value is -2.38. The van der Waals surface area contributed by atoms with Crippen molar-refractivity contribution in [3.8, 4) is 0 Å². The molecule has 1 aliphatic rings. The standard InChI is InChI=1S/C18H31N5O7S/c1-31-8-6-11(21-15(26)10(19)9-24)16(27)22-12(4-5-14(20)25)17(28)23-7-2-3-13(23)18(29)30/h10-13,24H,2-9,19H2,1H3,(H2,20,25)(H,21,26)(H,22,27)(H,29,30). The van der Waals surface area contributed by atoms with E-state index in [2.05, 4.69) is 10.6 Å². The number of nitrogens with two attached hydrogens (primary N) is 2. The quantitative estimate of drug-likeness (QED) is 0.169. The van der Waals surface area contributed by atoms with Crippen molar-refractivity contribution >= 4 is 41.4 Å². The first-order chi connectivity index (χ1) is 14.6. The fourth-order valence-electron chi connectivity index (χ4n) is 3.17. The van der Waals surface area contributed by atoms with Gasteiger partial charge in [0.2, 0.25) is 23.6 Å². The summed E-state index contributed by atoms with van der Waals surface area (Å²) in [4.78, 5) is 61.7. The number of aliphatic hydroxyl groups is 1. The van der Waals surface area contributed by atoms with Crippen LogP contribution >= 0.6 is 11.8 Å². The third-order valence-corrected chi connectivity index (χ3v) is 5.54. The van der Waals surface area contributed by atoms with Crippen LogP contribution in [-0.4, -0.2) is 94.0 Å². The summed E-state index contributed by atoms with van der Waals surface area (Å²) in [7, 11) is 0. The van der Waals surface area contributed by atoms with Gasteiger partial charge in [-0.15, -0.1) is 0 Å². The van der Waals surface area contributed by atoms with Crippen LogP contribution in [0.3, 0.4) is 0 Å². The molecular weight excluding hydrogens is 430 g/mol. The number of thioether (sulfide) groups is 1. The molecule has 1 fully saturated rings. The molecule has 0 aromatic rings. The zero-order valence-electron chi connectivity index (χ0n) is 17.4. The molecule has 13 heteroatoms. The van der Waals surface area contributed by atoms with Gasteiger partial charge >= 0.3 is 5.97 Å². The lowest BCUT2D eigenvalue weighted by Crippen LogP contribution is -2.57. The normalized spacial score (nSPS) is 18.7. The summed E-state index contributed by atoms with van der Waals surface area (Å²) >= 11 is 1.44. The number of primary amides is 1. The number of nitrogens with one attached hydrogen (secondary N) is 2. The molecule has 8 N–H and O–H groups in total. The molecule has 0 spiro atoms. The number of aliphatic hydroxyl groups excluding tert-OH is 1. The second kappa shape index (κ2) is 13.1. The fourth-order valence-corrected chi connectivity index (χ4v) is 3.64. The van der Waals surface area contributed by atoms with E-state index in [1.165, 1.54) is 16.7 Å². The lowest BCUT2D eigenvalue weighted by atomic mass is 10.1. The van der Waals surface area contributed by atoms with E-state index >= 15 is 0 Å². The number of aliphatic carboxylic acids is 1. The average Bonchev–Trinajstić information content (AvgIpc) is 3.22.